The molecule has 0 bridgehead atoms. The zero-order chi connectivity index (χ0) is 22.1. The highest BCUT2D eigenvalue weighted by molar-refractivity contribution is 5.89. The maximum Gasteiger partial charge on any atom is 0.331 e. The first-order valence-electron chi connectivity index (χ1n) is 8.94. The Morgan fingerprint density at radius 3 is 2.60 bits per heavy atom. The van der Waals surface area contributed by atoms with Crippen molar-refractivity contribution >= 4 is 23.6 Å². The van der Waals surface area contributed by atoms with Crippen molar-refractivity contribution in [1.29, 1.82) is 0 Å². The molecule has 0 spiro atoms. The number of carbonyl (C=O) groups excluding carboxylic acids is 2. The summed E-state index contributed by atoms with van der Waals surface area (Å²) in [5, 5.41) is 13.5. The SMILES string of the molecule is COc1ccc(OC)c([C@@H](C)NC(=O)COC(=O)/C=C/c2cccc([N+](=O)[O-])c2)c1. The van der Waals surface area contributed by atoms with Crippen molar-refractivity contribution in [3.63, 3.8) is 0 Å². The van der Waals surface area contributed by atoms with Crippen molar-refractivity contribution in [1.82, 2.24) is 5.32 Å². The largest absolute Gasteiger partial charge is 0.497 e. The van der Waals surface area contributed by atoms with Gasteiger partial charge in [0.1, 0.15) is 11.5 Å². The van der Waals surface area contributed by atoms with Crippen LogP contribution in [0.25, 0.3) is 6.08 Å². The standard InChI is InChI=1S/C21H22N2O7/c1-14(18-12-17(28-2)8-9-19(18)29-3)22-20(24)13-30-21(25)10-7-15-5-4-6-16(11-15)23(26)27/h4-12,14H,13H2,1-3H3,(H,22,24)/b10-7+/t14-/m1/s1. The first-order valence-corrected chi connectivity index (χ1v) is 8.94. The van der Waals surface area contributed by atoms with Gasteiger partial charge >= 0.3 is 5.97 Å². The molecular formula is C21H22N2O7. The molecule has 0 fully saturated rings. The lowest BCUT2D eigenvalue weighted by Crippen LogP contribution is -2.31. The lowest BCUT2D eigenvalue weighted by Gasteiger charge is -2.18. The van der Waals surface area contributed by atoms with Gasteiger partial charge in [-0.25, -0.2) is 4.79 Å². The van der Waals surface area contributed by atoms with Crippen LogP contribution in [0.2, 0.25) is 0 Å². The van der Waals surface area contributed by atoms with Gasteiger partial charge in [-0.1, -0.05) is 12.1 Å². The highest BCUT2D eigenvalue weighted by atomic mass is 16.6. The third-order valence-corrected chi connectivity index (χ3v) is 4.12. The number of non-ortho nitro benzene ring substituents is 1. The summed E-state index contributed by atoms with van der Waals surface area (Å²) >= 11 is 0. The number of nitro benzene ring substituents is 1. The Hall–Kier alpha value is -3.88. The summed E-state index contributed by atoms with van der Waals surface area (Å²) in [6, 6.07) is 10.6. The van der Waals surface area contributed by atoms with Crippen molar-refractivity contribution in [3.8, 4) is 11.5 Å². The topological polar surface area (TPSA) is 117 Å². The molecule has 2 aromatic carbocycles. The quantitative estimate of drug-likeness (QED) is 0.290. The van der Waals surface area contributed by atoms with Crippen LogP contribution in [0.1, 0.15) is 24.1 Å². The molecule has 158 valence electrons. The minimum atomic E-state index is -0.747. The molecule has 1 atom stereocenters. The van der Waals surface area contributed by atoms with Gasteiger partial charge in [-0.05, 0) is 36.8 Å². The molecule has 9 heteroatoms. The average Bonchev–Trinajstić information content (AvgIpc) is 2.75. The van der Waals surface area contributed by atoms with E-state index in [0.29, 0.717) is 22.6 Å². The monoisotopic (exact) mass is 414 g/mol. The molecule has 0 radical (unpaired) electrons. The average molecular weight is 414 g/mol. The number of esters is 1. The van der Waals surface area contributed by atoms with Gasteiger partial charge in [-0.3, -0.25) is 14.9 Å². The van der Waals surface area contributed by atoms with Crippen molar-refractivity contribution < 1.29 is 28.7 Å². The van der Waals surface area contributed by atoms with E-state index in [2.05, 4.69) is 5.32 Å². The maximum atomic E-state index is 12.1. The van der Waals surface area contributed by atoms with E-state index in [9.17, 15) is 19.7 Å². The molecule has 0 aliphatic heterocycles. The van der Waals surface area contributed by atoms with Crippen LogP contribution < -0.4 is 14.8 Å². The fourth-order valence-corrected chi connectivity index (χ4v) is 2.63. The van der Waals surface area contributed by atoms with Crippen molar-refractivity contribution in [2.45, 2.75) is 13.0 Å². The molecular weight excluding hydrogens is 392 g/mol. The molecule has 30 heavy (non-hydrogen) atoms. The molecule has 0 aromatic heterocycles. The van der Waals surface area contributed by atoms with Crippen LogP contribution in [0.4, 0.5) is 5.69 Å². The van der Waals surface area contributed by atoms with E-state index < -0.39 is 29.4 Å². The van der Waals surface area contributed by atoms with Crippen molar-refractivity contribution in [2.24, 2.45) is 0 Å². The first kappa shape index (κ1) is 22.4. The predicted octanol–water partition coefficient (Wildman–Crippen LogP) is 3.05. The van der Waals surface area contributed by atoms with Crippen LogP contribution in [0.3, 0.4) is 0 Å². The molecule has 0 saturated carbocycles. The number of nitro groups is 1. The highest BCUT2D eigenvalue weighted by Crippen LogP contribution is 2.29. The molecule has 0 aliphatic carbocycles. The minimum absolute atomic E-state index is 0.0909. The molecule has 0 heterocycles. The van der Waals surface area contributed by atoms with Crippen molar-refractivity contribution in [2.75, 3.05) is 20.8 Å². The molecule has 0 saturated heterocycles. The van der Waals surface area contributed by atoms with Gasteiger partial charge in [0.15, 0.2) is 6.61 Å². The normalized spacial score (nSPS) is 11.6. The number of methoxy groups -OCH3 is 2. The summed E-state index contributed by atoms with van der Waals surface area (Å²) in [5.74, 6) is -0.0437. The number of ether oxygens (including phenoxy) is 3. The summed E-state index contributed by atoms with van der Waals surface area (Å²) in [6.45, 7) is 1.29. The first-order chi connectivity index (χ1) is 14.3. The fourth-order valence-electron chi connectivity index (χ4n) is 2.63. The number of nitrogens with zero attached hydrogens (tertiary/aromatic N) is 1. The lowest BCUT2D eigenvalue weighted by atomic mass is 10.1. The van der Waals surface area contributed by atoms with Gasteiger partial charge in [-0.2, -0.15) is 0 Å². The molecule has 1 N–H and O–H groups in total. The summed E-state index contributed by atoms with van der Waals surface area (Å²) in [4.78, 5) is 34.2. The van der Waals surface area contributed by atoms with Crippen LogP contribution in [0, 0.1) is 10.1 Å². The summed E-state index contributed by atoms with van der Waals surface area (Å²) < 4.78 is 15.4. The van der Waals surface area contributed by atoms with Crippen LogP contribution in [0.15, 0.2) is 48.5 Å². The number of amides is 1. The number of hydrogen-bond acceptors (Lipinski definition) is 7. The van der Waals surface area contributed by atoms with Crippen LogP contribution in [0.5, 0.6) is 11.5 Å². The Kier molecular flexibility index (Phi) is 7.92. The Morgan fingerprint density at radius 1 is 1.17 bits per heavy atom. The summed E-state index contributed by atoms with van der Waals surface area (Å²) in [6.07, 6.45) is 2.47. The number of rotatable bonds is 9. The number of nitrogens with one attached hydrogen (secondary N) is 1. The van der Waals surface area contributed by atoms with E-state index >= 15 is 0 Å². The lowest BCUT2D eigenvalue weighted by molar-refractivity contribution is -0.384. The third-order valence-electron chi connectivity index (χ3n) is 4.12. The van der Waals surface area contributed by atoms with E-state index in [1.54, 1.807) is 31.2 Å². The molecule has 2 aromatic rings. The molecule has 2 rings (SSSR count). The summed E-state index contributed by atoms with van der Waals surface area (Å²) in [5.41, 5.74) is 1.08. The fraction of sp³-hybridized carbons (Fsp3) is 0.238. The Morgan fingerprint density at radius 2 is 1.93 bits per heavy atom. The second-order valence-corrected chi connectivity index (χ2v) is 6.19. The molecule has 9 nitrogen and oxygen atoms in total. The molecule has 0 aliphatic rings. The Balaban J connectivity index is 1.90. The van der Waals surface area contributed by atoms with E-state index in [1.165, 1.54) is 38.5 Å². The van der Waals surface area contributed by atoms with Crippen LogP contribution in [-0.2, 0) is 14.3 Å². The van der Waals surface area contributed by atoms with Crippen LogP contribution >= 0.6 is 0 Å². The summed E-state index contributed by atoms with van der Waals surface area (Å²) in [7, 11) is 3.06. The number of carbonyl (C=O) groups is 2. The zero-order valence-electron chi connectivity index (χ0n) is 16.8. The molecule has 0 unspecified atom stereocenters. The van der Waals surface area contributed by atoms with Gasteiger partial charge < -0.3 is 19.5 Å². The second kappa shape index (κ2) is 10.6. The minimum Gasteiger partial charge on any atom is -0.497 e. The van der Waals surface area contributed by atoms with Gasteiger partial charge in [0.25, 0.3) is 11.6 Å². The maximum absolute atomic E-state index is 12.1. The Bertz CT molecular complexity index is 956. The van der Waals surface area contributed by atoms with Gasteiger partial charge in [0.05, 0.1) is 25.2 Å². The van der Waals surface area contributed by atoms with Crippen LogP contribution in [-0.4, -0.2) is 37.6 Å². The molecule has 1 amide bonds. The predicted molar refractivity (Wildman–Crippen MR) is 109 cm³/mol. The van der Waals surface area contributed by atoms with Gasteiger partial charge in [0, 0.05) is 23.8 Å². The number of hydrogen-bond donors (Lipinski definition) is 1. The smallest absolute Gasteiger partial charge is 0.331 e. The third kappa shape index (κ3) is 6.33. The number of benzene rings is 2. The Labute approximate surface area is 173 Å². The second-order valence-electron chi connectivity index (χ2n) is 6.19. The van der Waals surface area contributed by atoms with E-state index in [1.807, 2.05) is 0 Å². The highest BCUT2D eigenvalue weighted by Gasteiger charge is 2.16. The van der Waals surface area contributed by atoms with Crippen molar-refractivity contribution in [3.05, 3.63) is 69.8 Å². The van der Waals surface area contributed by atoms with E-state index in [4.69, 9.17) is 14.2 Å². The zero-order valence-corrected chi connectivity index (χ0v) is 16.8. The van der Waals surface area contributed by atoms with Gasteiger partial charge in [-0.15, -0.1) is 0 Å². The van der Waals surface area contributed by atoms with Gasteiger partial charge in [0.2, 0.25) is 0 Å². The van der Waals surface area contributed by atoms with E-state index in [0.717, 1.165) is 6.08 Å². The van der Waals surface area contributed by atoms with E-state index in [-0.39, 0.29) is 5.69 Å².